The van der Waals surface area contributed by atoms with Crippen LogP contribution in [0.3, 0.4) is 0 Å². The van der Waals surface area contributed by atoms with Crippen LogP contribution in [0.1, 0.15) is 15.9 Å². The van der Waals surface area contributed by atoms with Crippen molar-refractivity contribution in [3.63, 3.8) is 0 Å². The molecule has 3 aromatic carbocycles. The summed E-state index contributed by atoms with van der Waals surface area (Å²) in [5.74, 6) is -1.05. The maximum atomic E-state index is 12.3. The third kappa shape index (κ3) is 5.32. The fraction of sp³-hybridized carbons (Fsp3) is 0. The van der Waals surface area contributed by atoms with Crippen LogP contribution in [0.5, 0.6) is 5.75 Å². The summed E-state index contributed by atoms with van der Waals surface area (Å²) in [5, 5.41) is 12.4. The van der Waals surface area contributed by atoms with Gasteiger partial charge in [0.15, 0.2) is 0 Å². The number of nitrogens with zero attached hydrogens (tertiary/aromatic N) is 2. The minimum Gasteiger partial charge on any atom is -0.416 e. The molecule has 3 aromatic rings. The first kappa shape index (κ1) is 20.8. The highest BCUT2D eigenvalue weighted by Gasteiger charge is 2.21. The van der Waals surface area contributed by atoms with Crippen LogP contribution in [-0.4, -0.2) is 17.1 Å². The zero-order valence-corrected chi connectivity index (χ0v) is 16.8. The molecule has 0 N–H and O–H groups in total. The second-order valence-corrected chi connectivity index (χ2v) is 7.01. The maximum absolute atomic E-state index is 12.3. The summed E-state index contributed by atoms with van der Waals surface area (Å²) < 4.78 is 5.18. The Hall–Kier alpha value is -2.93. The molecule has 146 valence electrons. The Balaban J connectivity index is 1.85. The predicted octanol–water partition coefficient (Wildman–Crippen LogP) is 6.52. The molecule has 0 atom stereocenters. The molecule has 0 saturated heterocycles. The molecule has 0 aliphatic carbocycles. The summed E-state index contributed by atoms with van der Waals surface area (Å²) in [5.41, 5.74) is 0.739. The molecule has 0 spiro atoms. The van der Waals surface area contributed by atoms with Gasteiger partial charge < -0.3 is 4.74 Å². The number of carbonyl (C=O) groups is 1. The number of rotatable bonds is 5. The van der Waals surface area contributed by atoms with Crippen molar-refractivity contribution in [1.82, 2.24) is 0 Å². The van der Waals surface area contributed by atoms with Gasteiger partial charge in [-0.05, 0) is 60.2 Å². The van der Waals surface area contributed by atoms with E-state index in [1.54, 1.807) is 30.3 Å². The van der Waals surface area contributed by atoms with Crippen molar-refractivity contribution in [3.8, 4) is 5.75 Å². The zero-order chi connectivity index (χ0) is 21.0. The van der Waals surface area contributed by atoms with Crippen LogP contribution in [0.4, 0.5) is 11.4 Å². The van der Waals surface area contributed by atoms with Gasteiger partial charge >= 0.3 is 11.7 Å². The van der Waals surface area contributed by atoms with Crippen LogP contribution in [-0.2, 0) is 0 Å². The predicted molar refractivity (Wildman–Crippen MR) is 113 cm³/mol. The summed E-state index contributed by atoms with van der Waals surface area (Å²) in [6.45, 7) is 0. The highest BCUT2D eigenvalue weighted by Crippen LogP contribution is 2.30. The molecule has 0 amide bonds. The Bertz CT molecular complexity index is 1120. The first-order valence-electron chi connectivity index (χ1n) is 8.09. The Morgan fingerprint density at radius 1 is 0.966 bits per heavy atom. The number of aliphatic imine (C=N–C) groups is 1. The summed E-state index contributed by atoms with van der Waals surface area (Å²) in [6, 6.07) is 15.1. The average Bonchev–Trinajstić information content (AvgIpc) is 2.68. The first-order valence-corrected chi connectivity index (χ1v) is 9.22. The van der Waals surface area contributed by atoms with E-state index in [2.05, 4.69) is 4.99 Å². The molecule has 0 unspecified atom stereocenters. The first-order chi connectivity index (χ1) is 13.8. The molecule has 0 heterocycles. The van der Waals surface area contributed by atoms with Crippen LogP contribution in [0.15, 0.2) is 65.7 Å². The van der Waals surface area contributed by atoms with Gasteiger partial charge in [-0.3, -0.25) is 15.1 Å². The van der Waals surface area contributed by atoms with Crippen LogP contribution in [0.25, 0.3) is 0 Å². The monoisotopic (exact) mass is 448 g/mol. The molecule has 0 aliphatic rings. The number of nitro groups is 1. The molecule has 0 aliphatic heterocycles. The molecule has 3 rings (SSSR count). The van der Waals surface area contributed by atoms with Gasteiger partial charge in [0, 0.05) is 22.3 Å². The van der Waals surface area contributed by atoms with Gasteiger partial charge in [-0.25, -0.2) is 4.79 Å². The molecule has 0 bridgehead atoms. The van der Waals surface area contributed by atoms with E-state index in [4.69, 9.17) is 39.5 Å². The lowest BCUT2D eigenvalue weighted by molar-refractivity contribution is -0.385. The van der Waals surface area contributed by atoms with E-state index in [9.17, 15) is 14.9 Å². The van der Waals surface area contributed by atoms with Crippen LogP contribution in [0.2, 0.25) is 15.1 Å². The maximum Gasteiger partial charge on any atom is 0.345 e. The van der Waals surface area contributed by atoms with Gasteiger partial charge in [-0.1, -0.05) is 34.8 Å². The minimum atomic E-state index is -0.836. The molecule has 0 aromatic heterocycles. The van der Waals surface area contributed by atoms with Crippen LogP contribution in [0, 0.1) is 10.1 Å². The van der Waals surface area contributed by atoms with E-state index in [1.165, 1.54) is 36.5 Å². The summed E-state index contributed by atoms with van der Waals surface area (Å²) in [7, 11) is 0. The van der Waals surface area contributed by atoms with Crippen molar-refractivity contribution in [1.29, 1.82) is 0 Å². The number of benzene rings is 3. The second kappa shape index (κ2) is 9.05. The minimum absolute atomic E-state index is 0.0405. The number of hydrogen-bond donors (Lipinski definition) is 0. The van der Waals surface area contributed by atoms with Crippen molar-refractivity contribution in [2.75, 3.05) is 0 Å². The molecule has 6 nitrogen and oxygen atoms in total. The fourth-order valence-electron chi connectivity index (χ4n) is 2.33. The summed E-state index contributed by atoms with van der Waals surface area (Å²) >= 11 is 17.6. The van der Waals surface area contributed by atoms with Crippen molar-refractivity contribution in [3.05, 3.63) is 97.0 Å². The van der Waals surface area contributed by atoms with E-state index in [0.717, 1.165) is 0 Å². The normalized spacial score (nSPS) is 10.9. The van der Waals surface area contributed by atoms with E-state index in [-0.39, 0.29) is 22.0 Å². The molecule has 0 radical (unpaired) electrons. The Morgan fingerprint density at radius 2 is 1.66 bits per heavy atom. The largest absolute Gasteiger partial charge is 0.416 e. The zero-order valence-electron chi connectivity index (χ0n) is 14.5. The average molecular weight is 450 g/mol. The lowest BCUT2D eigenvalue weighted by Crippen LogP contribution is -2.10. The van der Waals surface area contributed by atoms with Crippen molar-refractivity contribution in [2.45, 2.75) is 0 Å². The molecular formula is C20H11Cl3N2O4. The van der Waals surface area contributed by atoms with Gasteiger partial charge in [0.25, 0.3) is 0 Å². The van der Waals surface area contributed by atoms with E-state index >= 15 is 0 Å². The van der Waals surface area contributed by atoms with E-state index in [0.29, 0.717) is 21.3 Å². The van der Waals surface area contributed by atoms with Gasteiger partial charge in [-0.2, -0.15) is 0 Å². The second-order valence-electron chi connectivity index (χ2n) is 5.73. The number of hydrogen-bond acceptors (Lipinski definition) is 5. The van der Waals surface area contributed by atoms with Crippen LogP contribution >= 0.6 is 34.8 Å². The Labute approximate surface area is 180 Å². The molecular weight excluding hydrogens is 439 g/mol. The van der Waals surface area contributed by atoms with Crippen molar-refractivity contribution >= 4 is 58.4 Å². The summed E-state index contributed by atoms with van der Waals surface area (Å²) in [4.78, 5) is 27.3. The Morgan fingerprint density at radius 3 is 2.31 bits per heavy atom. The van der Waals surface area contributed by atoms with Crippen molar-refractivity contribution < 1.29 is 14.5 Å². The number of nitro benzene ring substituents is 1. The highest BCUT2D eigenvalue weighted by atomic mass is 35.5. The lowest BCUT2D eigenvalue weighted by Gasteiger charge is -2.07. The van der Waals surface area contributed by atoms with Gasteiger partial charge in [0.1, 0.15) is 0 Å². The van der Waals surface area contributed by atoms with Crippen molar-refractivity contribution in [2.24, 2.45) is 4.99 Å². The number of ether oxygens (including phenoxy) is 1. The standard InChI is InChI=1S/C20H11Cl3N2O4/c21-13-2-5-15(6-3-13)24-11-12-1-8-19(18(9-12)25(27)28)29-20(26)16-7-4-14(22)10-17(16)23/h1-11H. The lowest BCUT2D eigenvalue weighted by atomic mass is 10.2. The fourth-order valence-corrected chi connectivity index (χ4v) is 2.94. The van der Waals surface area contributed by atoms with E-state index < -0.39 is 10.9 Å². The summed E-state index contributed by atoms with van der Waals surface area (Å²) in [6.07, 6.45) is 1.46. The topological polar surface area (TPSA) is 81.8 Å². The van der Waals surface area contributed by atoms with Crippen LogP contribution < -0.4 is 4.74 Å². The molecule has 0 fully saturated rings. The quantitative estimate of drug-likeness (QED) is 0.146. The van der Waals surface area contributed by atoms with Gasteiger partial charge in [-0.15, -0.1) is 0 Å². The van der Waals surface area contributed by atoms with Gasteiger partial charge in [0.05, 0.1) is 21.2 Å². The number of esters is 1. The molecule has 29 heavy (non-hydrogen) atoms. The van der Waals surface area contributed by atoms with E-state index in [1.807, 2.05) is 0 Å². The Kier molecular flexibility index (Phi) is 6.49. The number of halogens is 3. The molecule has 9 heteroatoms. The third-order valence-electron chi connectivity index (χ3n) is 3.72. The smallest absolute Gasteiger partial charge is 0.345 e. The SMILES string of the molecule is O=C(Oc1ccc(C=Nc2ccc(Cl)cc2)cc1[N+](=O)[O-])c1ccc(Cl)cc1Cl. The highest BCUT2D eigenvalue weighted by molar-refractivity contribution is 6.36. The third-order valence-corrected chi connectivity index (χ3v) is 4.52. The molecule has 0 saturated carbocycles. The number of carbonyl (C=O) groups excluding carboxylic acids is 1. The van der Waals surface area contributed by atoms with Gasteiger partial charge in [0.2, 0.25) is 5.75 Å².